The van der Waals surface area contributed by atoms with Crippen molar-refractivity contribution in [2.75, 3.05) is 6.54 Å². The zero-order valence-electron chi connectivity index (χ0n) is 8.41. The maximum atomic E-state index is 11.5. The van der Waals surface area contributed by atoms with Crippen molar-refractivity contribution in [3.05, 3.63) is 23.8 Å². The van der Waals surface area contributed by atoms with Gasteiger partial charge in [-0.25, -0.2) is 13.2 Å². The third-order valence-corrected chi connectivity index (χ3v) is 3.25. The summed E-state index contributed by atoms with van der Waals surface area (Å²) in [5.41, 5.74) is -0.523. The van der Waals surface area contributed by atoms with Crippen molar-refractivity contribution in [1.82, 2.24) is 4.72 Å². The molecule has 0 bridgehead atoms. The number of hydrogen-bond acceptors (Lipinski definition) is 5. The Morgan fingerprint density at radius 1 is 1.47 bits per heavy atom. The second kappa shape index (κ2) is 4.82. The van der Waals surface area contributed by atoms with Crippen molar-refractivity contribution < 1.29 is 23.4 Å². The van der Waals surface area contributed by atoms with Gasteiger partial charge in [-0.15, -0.1) is 0 Å². The molecule has 0 radical (unpaired) electrons. The first-order valence-electron chi connectivity index (χ1n) is 4.31. The first-order chi connectivity index (χ1) is 7.88. The average Bonchev–Trinajstić information content (AvgIpc) is 2.26. The van der Waals surface area contributed by atoms with Gasteiger partial charge in [0.2, 0.25) is 10.0 Å². The van der Waals surface area contributed by atoms with E-state index in [1.54, 1.807) is 6.07 Å². The van der Waals surface area contributed by atoms with Crippen LogP contribution < -0.4 is 4.72 Å². The Morgan fingerprint density at radius 2 is 2.12 bits per heavy atom. The fourth-order valence-corrected chi connectivity index (χ4v) is 2.01. The van der Waals surface area contributed by atoms with E-state index >= 15 is 0 Å². The Hall–Kier alpha value is -2.11. The van der Waals surface area contributed by atoms with Gasteiger partial charge in [-0.1, -0.05) is 0 Å². The molecule has 0 saturated heterocycles. The summed E-state index contributed by atoms with van der Waals surface area (Å²) in [7, 11) is -3.94. The Bertz CT molecular complexity index is 588. The number of aromatic hydroxyl groups is 1. The van der Waals surface area contributed by atoms with Gasteiger partial charge in [-0.05, 0) is 18.2 Å². The van der Waals surface area contributed by atoms with Crippen molar-refractivity contribution in [2.24, 2.45) is 0 Å². The van der Waals surface area contributed by atoms with Crippen molar-refractivity contribution in [3.63, 3.8) is 0 Å². The van der Waals surface area contributed by atoms with Gasteiger partial charge < -0.3 is 10.2 Å². The van der Waals surface area contributed by atoms with Crippen molar-refractivity contribution in [1.29, 1.82) is 5.26 Å². The van der Waals surface area contributed by atoms with Gasteiger partial charge in [0, 0.05) is 0 Å². The van der Waals surface area contributed by atoms with Gasteiger partial charge in [0.05, 0.1) is 17.5 Å². The fourth-order valence-electron chi connectivity index (χ4n) is 1.06. The lowest BCUT2D eigenvalue weighted by Crippen LogP contribution is -2.24. The zero-order chi connectivity index (χ0) is 13.1. The number of rotatable bonds is 4. The van der Waals surface area contributed by atoms with E-state index in [1.807, 2.05) is 4.72 Å². The van der Waals surface area contributed by atoms with E-state index in [-0.39, 0.29) is 4.90 Å². The van der Waals surface area contributed by atoms with E-state index in [9.17, 15) is 18.3 Å². The molecule has 1 aromatic carbocycles. The average molecular weight is 256 g/mol. The van der Waals surface area contributed by atoms with E-state index in [4.69, 9.17) is 10.4 Å². The SMILES string of the molecule is N#CCNS(=O)(=O)c1ccc(O)c(C(=O)O)c1. The van der Waals surface area contributed by atoms with E-state index in [0.717, 1.165) is 18.2 Å². The highest BCUT2D eigenvalue weighted by molar-refractivity contribution is 7.89. The lowest BCUT2D eigenvalue weighted by atomic mass is 10.2. The summed E-state index contributed by atoms with van der Waals surface area (Å²) in [6.45, 7) is -0.425. The predicted octanol–water partition coefficient (Wildman–Crippen LogP) is -0.108. The molecule has 90 valence electrons. The van der Waals surface area contributed by atoms with Crippen LogP contribution >= 0.6 is 0 Å². The smallest absolute Gasteiger partial charge is 0.339 e. The van der Waals surface area contributed by atoms with Crippen LogP contribution in [-0.4, -0.2) is 31.1 Å². The molecule has 0 aliphatic carbocycles. The second-order valence-electron chi connectivity index (χ2n) is 2.97. The summed E-state index contributed by atoms with van der Waals surface area (Å²) in [5, 5.41) is 26.2. The van der Waals surface area contributed by atoms with Crippen LogP contribution in [-0.2, 0) is 10.0 Å². The maximum absolute atomic E-state index is 11.5. The minimum absolute atomic E-state index is 0.331. The van der Waals surface area contributed by atoms with Gasteiger partial charge in [0.15, 0.2) is 0 Å². The Balaban J connectivity index is 3.21. The summed E-state index contributed by atoms with van der Waals surface area (Å²) in [6.07, 6.45) is 0. The molecular weight excluding hydrogens is 248 g/mol. The van der Waals surface area contributed by atoms with Crippen LogP contribution in [0.3, 0.4) is 0 Å². The van der Waals surface area contributed by atoms with Crippen LogP contribution in [0.1, 0.15) is 10.4 Å². The van der Waals surface area contributed by atoms with Crippen LogP contribution in [0.15, 0.2) is 23.1 Å². The first-order valence-corrected chi connectivity index (χ1v) is 5.79. The third kappa shape index (κ3) is 2.93. The maximum Gasteiger partial charge on any atom is 0.339 e. The first kappa shape index (κ1) is 13.0. The number of nitrogens with zero attached hydrogens (tertiary/aromatic N) is 1. The minimum Gasteiger partial charge on any atom is -0.507 e. The summed E-state index contributed by atoms with van der Waals surface area (Å²) in [5.74, 6) is -1.98. The summed E-state index contributed by atoms with van der Waals surface area (Å²) in [6, 6.07) is 4.41. The number of benzene rings is 1. The highest BCUT2D eigenvalue weighted by atomic mass is 32.2. The lowest BCUT2D eigenvalue weighted by Gasteiger charge is -2.05. The molecule has 8 heteroatoms. The number of carbonyl (C=O) groups is 1. The molecule has 17 heavy (non-hydrogen) atoms. The molecule has 0 aliphatic rings. The molecule has 0 atom stereocenters. The molecule has 0 heterocycles. The molecule has 0 saturated carbocycles. The molecule has 0 aromatic heterocycles. The van der Waals surface area contributed by atoms with E-state index in [2.05, 4.69) is 0 Å². The van der Waals surface area contributed by atoms with Crippen LogP contribution in [0, 0.1) is 11.3 Å². The number of nitriles is 1. The molecule has 3 N–H and O–H groups in total. The highest BCUT2D eigenvalue weighted by Gasteiger charge is 2.18. The molecule has 0 fully saturated rings. The number of hydrogen-bond donors (Lipinski definition) is 3. The van der Waals surface area contributed by atoms with Gasteiger partial charge in [-0.3, -0.25) is 0 Å². The second-order valence-corrected chi connectivity index (χ2v) is 4.73. The number of phenols is 1. The van der Waals surface area contributed by atoms with Gasteiger partial charge in [0.1, 0.15) is 11.3 Å². The topological polar surface area (TPSA) is 127 Å². The molecule has 0 amide bonds. The van der Waals surface area contributed by atoms with E-state index in [0.29, 0.717) is 0 Å². The molecule has 1 aromatic rings. The molecule has 7 nitrogen and oxygen atoms in total. The van der Waals surface area contributed by atoms with Crippen molar-refractivity contribution in [2.45, 2.75) is 4.90 Å². The highest BCUT2D eigenvalue weighted by Crippen LogP contribution is 2.21. The van der Waals surface area contributed by atoms with E-state index in [1.165, 1.54) is 0 Å². The molecule has 0 unspecified atom stereocenters. The van der Waals surface area contributed by atoms with Gasteiger partial charge in [0.25, 0.3) is 0 Å². The lowest BCUT2D eigenvalue weighted by molar-refractivity contribution is 0.0693. The zero-order valence-corrected chi connectivity index (χ0v) is 9.23. The Kier molecular flexibility index (Phi) is 3.67. The number of carboxylic acid groups (broad SMARTS) is 1. The summed E-state index contributed by atoms with van der Waals surface area (Å²) < 4.78 is 25.0. The van der Waals surface area contributed by atoms with Crippen LogP contribution in [0.4, 0.5) is 0 Å². The number of carboxylic acids is 1. The normalized spacial score (nSPS) is 10.8. The molecule has 1 rings (SSSR count). The van der Waals surface area contributed by atoms with Crippen LogP contribution in [0.5, 0.6) is 5.75 Å². The number of nitrogens with one attached hydrogen (secondary N) is 1. The monoisotopic (exact) mass is 256 g/mol. The molecule has 0 aliphatic heterocycles. The number of sulfonamides is 1. The molecule has 0 spiro atoms. The van der Waals surface area contributed by atoms with Gasteiger partial charge in [-0.2, -0.15) is 9.98 Å². The Labute approximate surface area is 97.0 Å². The van der Waals surface area contributed by atoms with E-state index < -0.39 is 33.9 Å². The van der Waals surface area contributed by atoms with Gasteiger partial charge >= 0.3 is 5.97 Å². The van der Waals surface area contributed by atoms with Crippen molar-refractivity contribution >= 4 is 16.0 Å². The number of aromatic carboxylic acids is 1. The van der Waals surface area contributed by atoms with Crippen LogP contribution in [0.2, 0.25) is 0 Å². The largest absolute Gasteiger partial charge is 0.507 e. The quantitative estimate of drug-likeness (QED) is 0.645. The van der Waals surface area contributed by atoms with Crippen LogP contribution in [0.25, 0.3) is 0 Å². The Morgan fingerprint density at radius 3 is 2.65 bits per heavy atom. The molecular formula is C9H8N2O5S. The predicted molar refractivity (Wildman–Crippen MR) is 55.9 cm³/mol. The minimum atomic E-state index is -3.94. The summed E-state index contributed by atoms with van der Waals surface area (Å²) in [4.78, 5) is 10.4. The third-order valence-electron chi connectivity index (χ3n) is 1.85. The van der Waals surface area contributed by atoms with Crippen molar-refractivity contribution in [3.8, 4) is 11.8 Å². The standard InChI is InChI=1S/C9H8N2O5S/c10-3-4-11-17(15,16)6-1-2-8(12)7(5-6)9(13)14/h1-2,5,11-12H,4H2,(H,13,14). The summed E-state index contributed by atoms with van der Waals surface area (Å²) >= 11 is 0. The fraction of sp³-hybridized carbons (Fsp3) is 0.111.